The number of fused-ring (bicyclic) bond motifs is 1. The van der Waals surface area contributed by atoms with E-state index in [1.165, 1.54) is 0 Å². The standard InChI is InChI=1S/C21H27N5O3/c1-3-29-20-7-6-18(24-25-20)23-21(27)16-13-19(26-10-4-5-14(26)2)22-17-9-12-28-11-8-15(16)17/h6-7,13-14H,3-5,8-12H2,1-2H3,(H,23,24,27). The van der Waals surface area contributed by atoms with E-state index in [0.717, 1.165) is 36.5 Å². The maximum absolute atomic E-state index is 13.2. The fourth-order valence-electron chi connectivity index (χ4n) is 3.96. The summed E-state index contributed by atoms with van der Waals surface area (Å²) in [6.07, 6.45) is 3.68. The summed E-state index contributed by atoms with van der Waals surface area (Å²) in [5.74, 6) is 1.51. The highest BCUT2D eigenvalue weighted by molar-refractivity contribution is 6.05. The average molecular weight is 397 g/mol. The molecule has 2 aliphatic heterocycles. The van der Waals surface area contributed by atoms with Gasteiger partial charge >= 0.3 is 0 Å². The zero-order valence-electron chi connectivity index (χ0n) is 17.0. The Hall–Kier alpha value is -2.74. The first-order chi connectivity index (χ1) is 14.2. The lowest BCUT2D eigenvalue weighted by molar-refractivity contribution is 0.102. The van der Waals surface area contributed by atoms with E-state index in [4.69, 9.17) is 14.5 Å². The first kappa shape index (κ1) is 19.6. The van der Waals surface area contributed by atoms with Crippen LogP contribution in [0.4, 0.5) is 11.6 Å². The number of carbonyl (C=O) groups excluding carboxylic acids is 1. The summed E-state index contributed by atoms with van der Waals surface area (Å²) in [6.45, 7) is 6.80. The summed E-state index contributed by atoms with van der Waals surface area (Å²) in [5.41, 5.74) is 2.57. The van der Waals surface area contributed by atoms with E-state index in [1.807, 2.05) is 13.0 Å². The van der Waals surface area contributed by atoms with Crippen LogP contribution in [0.2, 0.25) is 0 Å². The minimum absolute atomic E-state index is 0.197. The Kier molecular flexibility index (Phi) is 5.89. The molecule has 4 heterocycles. The van der Waals surface area contributed by atoms with Crippen molar-refractivity contribution in [3.8, 4) is 5.88 Å². The number of amides is 1. The lowest BCUT2D eigenvalue weighted by Gasteiger charge is -2.25. The third-order valence-corrected chi connectivity index (χ3v) is 5.44. The van der Waals surface area contributed by atoms with Crippen LogP contribution in [0.15, 0.2) is 18.2 Å². The molecule has 1 atom stereocenters. The number of pyridine rings is 1. The molecule has 154 valence electrons. The highest BCUT2D eigenvalue weighted by Gasteiger charge is 2.26. The number of ether oxygens (including phenoxy) is 2. The molecule has 1 unspecified atom stereocenters. The maximum atomic E-state index is 13.2. The van der Waals surface area contributed by atoms with E-state index < -0.39 is 0 Å². The Balaban J connectivity index is 1.64. The second-order valence-electron chi connectivity index (χ2n) is 7.39. The van der Waals surface area contributed by atoms with Crippen LogP contribution in [0.1, 0.15) is 48.3 Å². The summed E-state index contributed by atoms with van der Waals surface area (Å²) < 4.78 is 10.9. The van der Waals surface area contributed by atoms with Crippen LogP contribution in [-0.4, -0.2) is 53.5 Å². The smallest absolute Gasteiger partial charge is 0.257 e. The van der Waals surface area contributed by atoms with Gasteiger partial charge in [-0.25, -0.2) is 4.98 Å². The second kappa shape index (κ2) is 8.73. The molecule has 1 fully saturated rings. The van der Waals surface area contributed by atoms with Crippen molar-refractivity contribution in [1.82, 2.24) is 15.2 Å². The van der Waals surface area contributed by atoms with Gasteiger partial charge in [0, 0.05) is 36.3 Å². The minimum Gasteiger partial charge on any atom is -0.477 e. The van der Waals surface area contributed by atoms with Crippen molar-refractivity contribution in [3.05, 3.63) is 35.0 Å². The fraction of sp³-hybridized carbons (Fsp3) is 0.524. The Morgan fingerprint density at radius 2 is 2.17 bits per heavy atom. The van der Waals surface area contributed by atoms with Crippen molar-refractivity contribution in [3.63, 3.8) is 0 Å². The van der Waals surface area contributed by atoms with Crippen LogP contribution in [-0.2, 0) is 17.6 Å². The second-order valence-corrected chi connectivity index (χ2v) is 7.39. The lowest BCUT2D eigenvalue weighted by atomic mass is 10.0. The quantitative estimate of drug-likeness (QED) is 0.829. The molecular formula is C21H27N5O3. The van der Waals surface area contributed by atoms with Gasteiger partial charge in [-0.1, -0.05) is 0 Å². The van der Waals surface area contributed by atoms with Gasteiger partial charge in [-0.3, -0.25) is 4.79 Å². The van der Waals surface area contributed by atoms with Gasteiger partial charge in [0.1, 0.15) is 5.82 Å². The monoisotopic (exact) mass is 397 g/mol. The molecule has 0 radical (unpaired) electrons. The number of nitrogens with one attached hydrogen (secondary N) is 1. The summed E-state index contributed by atoms with van der Waals surface area (Å²) in [7, 11) is 0. The Morgan fingerprint density at radius 3 is 2.90 bits per heavy atom. The lowest BCUT2D eigenvalue weighted by Crippen LogP contribution is -2.28. The third-order valence-electron chi connectivity index (χ3n) is 5.44. The van der Waals surface area contributed by atoms with Gasteiger partial charge in [0.05, 0.1) is 19.8 Å². The molecule has 1 amide bonds. The van der Waals surface area contributed by atoms with Crippen LogP contribution >= 0.6 is 0 Å². The van der Waals surface area contributed by atoms with Crippen LogP contribution < -0.4 is 15.0 Å². The third kappa shape index (κ3) is 4.32. The molecular weight excluding hydrogens is 370 g/mol. The SMILES string of the molecule is CCOc1ccc(NC(=O)c2cc(N3CCCC3C)nc3c2CCOCC3)nn1. The van der Waals surface area contributed by atoms with E-state index in [-0.39, 0.29) is 5.91 Å². The molecule has 2 aromatic rings. The summed E-state index contributed by atoms with van der Waals surface area (Å²) >= 11 is 0. The Bertz CT molecular complexity index is 871. The molecule has 0 aliphatic carbocycles. The number of aromatic nitrogens is 3. The van der Waals surface area contributed by atoms with Gasteiger partial charge in [0.15, 0.2) is 5.82 Å². The highest BCUT2D eigenvalue weighted by Crippen LogP contribution is 2.29. The van der Waals surface area contributed by atoms with Crippen molar-refractivity contribution >= 4 is 17.5 Å². The summed E-state index contributed by atoms with van der Waals surface area (Å²) in [5, 5.41) is 10.9. The van der Waals surface area contributed by atoms with Gasteiger partial charge < -0.3 is 19.7 Å². The number of nitrogens with zero attached hydrogens (tertiary/aromatic N) is 4. The minimum atomic E-state index is -0.197. The van der Waals surface area contributed by atoms with Crippen molar-refractivity contribution < 1.29 is 14.3 Å². The zero-order valence-corrected chi connectivity index (χ0v) is 17.0. The maximum Gasteiger partial charge on any atom is 0.257 e. The molecule has 0 bridgehead atoms. The number of rotatable bonds is 5. The van der Waals surface area contributed by atoms with Gasteiger partial charge in [-0.15, -0.1) is 10.2 Å². The van der Waals surface area contributed by atoms with Gasteiger partial charge in [0.2, 0.25) is 5.88 Å². The molecule has 1 saturated heterocycles. The van der Waals surface area contributed by atoms with E-state index in [0.29, 0.717) is 56.0 Å². The summed E-state index contributed by atoms with van der Waals surface area (Å²) in [6, 6.07) is 5.74. The highest BCUT2D eigenvalue weighted by atomic mass is 16.5. The van der Waals surface area contributed by atoms with Crippen LogP contribution in [0.3, 0.4) is 0 Å². The molecule has 0 spiro atoms. The Morgan fingerprint density at radius 1 is 1.31 bits per heavy atom. The number of hydrogen-bond donors (Lipinski definition) is 1. The van der Waals surface area contributed by atoms with E-state index in [9.17, 15) is 4.79 Å². The molecule has 4 rings (SSSR count). The molecule has 2 aromatic heterocycles. The fourth-order valence-corrected chi connectivity index (χ4v) is 3.96. The molecule has 0 aromatic carbocycles. The van der Waals surface area contributed by atoms with Crippen LogP contribution in [0.25, 0.3) is 0 Å². The van der Waals surface area contributed by atoms with E-state index >= 15 is 0 Å². The topological polar surface area (TPSA) is 89.5 Å². The van der Waals surface area contributed by atoms with Crippen molar-refractivity contribution in [2.24, 2.45) is 0 Å². The number of anilines is 2. The number of carbonyl (C=O) groups is 1. The molecule has 29 heavy (non-hydrogen) atoms. The first-order valence-electron chi connectivity index (χ1n) is 10.3. The predicted octanol–water partition coefficient (Wildman–Crippen LogP) is 2.63. The molecule has 2 aliphatic rings. The van der Waals surface area contributed by atoms with E-state index in [1.54, 1.807) is 12.1 Å². The molecule has 1 N–H and O–H groups in total. The molecule has 8 heteroatoms. The van der Waals surface area contributed by atoms with Crippen LogP contribution in [0.5, 0.6) is 5.88 Å². The predicted molar refractivity (Wildman–Crippen MR) is 110 cm³/mol. The van der Waals surface area contributed by atoms with Crippen molar-refractivity contribution in [2.45, 2.75) is 45.6 Å². The largest absolute Gasteiger partial charge is 0.477 e. The zero-order chi connectivity index (χ0) is 20.2. The van der Waals surface area contributed by atoms with Gasteiger partial charge in [-0.2, -0.15) is 0 Å². The van der Waals surface area contributed by atoms with Crippen molar-refractivity contribution in [2.75, 3.05) is 36.6 Å². The van der Waals surface area contributed by atoms with Gasteiger partial charge in [-0.05, 0) is 50.8 Å². The molecule has 8 nitrogen and oxygen atoms in total. The summed E-state index contributed by atoms with van der Waals surface area (Å²) in [4.78, 5) is 20.4. The molecule has 0 saturated carbocycles. The van der Waals surface area contributed by atoms with Crippen LogP contribution in [0, 0.1) is 0 Å². The average Bonchev–Trinajstić information content (AvgIpc) is 3.01. The van der Waals surface area contributed by atoms with Gasteiger partial charge in [0.25, 0.3) is 5.91 Å². The van der Waals surface area contributed by atoms with Crippen molar-refractivity contribution in [1.29, 1.82) is 0 Å². The normalized spacial score (nSPS) is 18.8. The Labute approximate surface area is 170 Å². The van der Waals surface area contributed by atoms with E-state index in [2.05, 4.69) is 27.3 Å². The first-order valence-corrected chi connectivity index (χ1v) is 10.3. The number of hydrogen-bond acceptors (Lipinski definition) is 7.